The lowest BCUT2D eigenvalue weighted by Crippen LogP contribution is -2.08. The van der Waals surface area contributed by atoms with Gasteiger partial charge in [-0.25, -0.2) is 0 Å². The van der Waals surface area contributed by atoms with E-state index in [1.54, 1.807) is 0 Å². The normalized spacial score (nSPS) is 14.2. The van der Waals surface area contributed by atoms with Crippen LogP contribution in [-0.2, 0) is 21.6 Å². The van der Waals surface area contributed by atoms with Crippen molar-refractivity contribution in [1.82, 2.24) is 0 Å². The molecule has 8 heteroatoms. The molecule has 18 heavy (non-hydrogen) atoms. The highest BCUT2D eigenvalue weighted by Crippen LogP contribution is 2.29. The first-order valence-electron chi connectivity index (χ1n) is 6.17. The molecule has 0 aliphatic rings. The van der Waals surface area contributed by atoms with Gasteiger partial charge in [0.15, 0.2) is 11.5 Å². The number of ether oxygens (including phenoxy) is 1. The van der Waals surface area contributed by atoms with Crippen molar-refractivity contribution in [2.24, 2.45) is 0 Å². The predicted molar refractivity (Wildman–Crippen MR) is 61.1 cm³/mol. The molecule has 1 rings (SSSR count). The third-order valence-electron chi connectivity index (χ3n) is 1.94. The zero-order chi connectivity index (χ0) is 16.3. The lowest BCUT2D eigenvalue weighted by atomic mass is 10.1. The van der Waals surface area contributed by atoms with Gasteiger partial charge in [-0.15, -0.1) is 0 Å². The number of carbonyl (C=O) groups is 1. The highest BCUT2D eigenvalue weighted by molar-refractivity contribution is 7.81. The third-order valence-corrected chi connectivity index (χ3v) is 2.33. The van der Waals surface area contributed by atoms with E-state index in [2.05, 4.69) is 8.92 Å². The number of aryl methyl sites for hydroxylation is 1. The van der Waals surface area contributed by atoms with Crippen LogP contribution in [0.5, 0.6) is 11.5 Å². The molecule has 100 valence electrons. The van der Waals surface area contributed by atoms with Crippen molar-refractivity contribution in [3.63, 3.8) is 0 Å². The van der Waals surface area contributed by atoms with Crippen molar-refractivity contribution >= 4 is 16.4 Å². The first-order valence-corrected chi connectivity index (χ1v) is 6.03. The van der Waals surface area contributed by atoms with Crippen LogP contribution in [-0.4, -0.2) is 31.1 Å². The minimum absolute atomic E-state index is 0.0607. The molecular formula is C10H12O7S. The molecule has 0 fully saturated rings. The largest absolute Gasteiger partial charge is 0.493 e. The van der Waals surface area contributed by atoms with Crippen LogP contribution in [0.2, 0.25) is 0 Å². The summed E-state index contributed by atoms with van der Waals surface area (Å²) < 4.78 is 59.8. The van der Waals surface area contributed by atoms with Gasteiger partial charge in [0.25, 0.3) is 0 Å². The van der Waals surface area contributed by atoms with Gasteiger partial charge >= 0.3 is 16.4 Å². The highest BCUT2D eigenvalue weighted by Gasteiger charge is 2.13. The van der Waals surface area contributed by atoms with Crippen molar-refractivity contribution in [1.29, 1.82) is 0 Å². The van der Waals surface area contributed by atoms with E-state index in [9.17, 15) is 13.2 Å². The lowest BCUT2D eigenvalue weighted by molar-refractivity contribution is -0.136. The van der Waals surface area contributed by atoms with Crippen molar-refractivity contribution < 1.29 is 35.9 Å². The molecule has 0 amide bonds. The van der Waals surface area contributed by atoms with Crippen LogP contribution in [0, 0.1) is 0 Å². The van der Waals surface area contributed by atoms with Crippen LogP contribution >= 0.6 is 0 Å². The topological polar surface area (TPSA) is 110 Å². The predicted octanol–water partition coefficient (Wildman–Crippen LogP) is 0.894. The Bertz CT molecular complexity index is 624. The first-order chi connectivity index (χ1) is 9.46. The third kappa shape index (κ3) is 4.60. The Morgan fingerprint density at radius 2 is 2.17 bits per heavy atom. The van der Waals surface area contributed by atoms with Gasteiger partial charge in [0.05, 0.1) is 11.2 Å². The van der Waals surface area contributed by atoms with Crippen LogP contribution < -0.4 is 8.92 Å². The Morgan fingerprint density at radius 3 is 2.72 bits per heavy atom. The minimum atomic E-state index is -4.88. The maximum Gasteiger partial charge on any atom is 0.446 e. The molecule has 0 spiro atoms. The zero-order valence-electron chi connectivity index (χ0n) is 12.0. The molecule has 2 N–H and O–H groups in total. The molecule has 0 saturated carbocycles. The summed E-state index contributed by atoms with van der Waals surface area (Å²) in [4.78, 5) is 10.5. The average Bonchev–Trinajstić information content (AvgIpc) is 2.25. The molecule has 0 bridgehead atoms. The molecule has 1 aromatic rings. The smallest absolute Gasteiger partial charge is 0.446 e. The van der Waals surface area contributed by atoms with Gasteiger partial charge in [-0.3, -0.25) is 9.35 Å². The van der Waals surface area contributed by atoms with Gasteiger partial charge in [0.2, 0.25) is 0 Å². The summed E-state index contributed by atoms with van der Waals surface area (Å²) >= 11 is 0. The summed E-state index contributed by atoms with van der Waals surface area (Å²) in [6.45, 7) is 0. The second-order valence-corrected chi connectivity index (χ2v) is 4.31. The van der Waals surface area contributed by atoms with E-state index in [0.29, 0.717) is 5.56 Å². The molecule has 0 aromatic heterocycles. The van der Waals surface area contributed by atoms with Gasteiger partial charge in [-0.2, -0.15) is 8.42 Å². The summed E-state index contributed by atoms with van der Waals surface area (Å²) in [5, 5.41) is 8.57. The molecule has 0 aliphatic heterocycles. The Labute approximate surface area is 108 Å². The van der Waals surface area contributed by atoms with E-state index in [-0.39, 0.29) is 12.8 Å². The summed E-state index contributed by atoms with van der Waals surface area (Å²) in [5.41, 5.74) is 0.369. The summed E-state index contributed by atoms with van der Waals surface area (Å²) in [7, 11) is -7.73. The maximum absolute atomic E-state index is 10.7. The molecule has 0 heterocycles. The second-order valence-electron chi connectivity index (χ2n) is 3.29. The van der Waals surface area contributed by atoms with Gasteiger partial charge < -0.3 is 14.0 Å². The summed E-state index contributed by atoms with van der Waals surface area (Å²) in [6.07, 6.45) is -0.157. The molecule has 0 radical (unpaired) electrons. The van der Waals surface area contributed by atoms with Crippen LogP contribution in [0.3, 0.4) is 0 Å². The van der Waals surface area contributed by atoms with Crippen molar-refractivity contribution in [3.05, 3.63) is 23.8 Å². The van der Waals surface area contributed by atoms with Crippen molar-refractivity contribution in [3.8, 4) is 11.5 Å². The van der Waals surface area contributed by atoms with Crippen molar-refractivity contribution in [2.75, 3.05) is 7.04 Å². The second kappa shape index (κ2) is 5.69. The monoisotopic (exact) mass is 279 g/mol. The summed E-state index contributed by atoms with van der Waals surface area (Å²) in [6, 6.07) is 3.56. The van der Waals surface area contributed by atoms with Crippen LogP contribution in [0.4, 0.5) is 0 Å². The Hall–Kier alpha value is -1.80. The number of hydrogen-bond acceptors (Lipinski definition) is 5. The van der Waals surface area contributed by atoms with E-state index in [0.717, 1.165) is 12.1 Å². The van der Waals surface area contributed by atoms with E-state index < -0.39 is 34.9 Å². The Morgan fingerprint density at radius 1 is 1.44 bits per heavy atom. The molecule has 0 saturated heterocycles. The first kappa shape index (κ1) is 10.2. The molecule has 1 aromatic carbocycles. The van der Waals surface area contributed by atoms with Crippen LogP contribution in [0.25, 0.3) is 0 Å². The number of carboxylic acid groups (broad SMARTS) is 1. The number of methoxy groups -OCH3 is 1. The number of benzene rings is 1. The molecule has 7 nitrogen and oxygen atoms in total. The fourth-order valence-corrected chi connectivity index (χ4v) is 1.58. The fourth-order valence-electron chi connectivity index (χ4n) is 1.22. The number of rotatable bonds is 6. The lowest BCUT2D eigenvalue weighted by Gasteiger charge is -2.09. The van der Waals surface area contributed by atoms with Crippen molar-refractivity contribution in [2.45, 2.75) is 12.8 Å². The maximum atomic E-state index is 10.7. The van der Waals surface area contributed by atoms with Crippen LogP contribution in [0.1, 0.15) is 16.1 Å². The van der Waals surface area contributed by atoms with E-state index >= 15 is 0 Å². The molecule has 0 unspecified atom stereocenters. The Balaban J connectivity index is 3.10. The minimum Gasteiger partial charge on any atom is -0.493 e. The van der Waals surface area contributed by atoms with Gasteiger partial charge in [0, 0.05) is 6.42 Å². The Kier molecular flexibility index (Phi) is 3.21. The standard InChI is InChI=1S/C10H12O7S/c1-16-8-4-2-7(3-5-10(11)12)6-9(8)17-18(13,14)15/h2,4,6H,3,5H2,1H3,(H,11,12)(H,13,14,15)/i1D3. The molecule has 0 aliphatic carbocycles. The quantitative estimate of drug-likeness (QED) is 0.744. The summed E-state index contributed by atoms with van der Waals surface area (Å²) in [5.74, 6) is -2.03. The van der Waals surface area contributed by atoms with E-state index in [1.165, 1.54) is 6.07 Å². The number of hydrogen-bond donors (Lipinski definition) is 2. The average molecular weight is 279 g/mol. The van der Waals surface area contributed by atoms with Crippen LogP contribution in [0.15, 0.2) is 18.2 Å². The van der Waals surface area contributed by atoms with Gasteiger partial charge in [-0.05, 0) is 24.1 Å². The van der Waals surface area contributed by atoms with E-state index in [1.807, 2.05) is 0 Å². The molecule has 0 atom stereocenters. The van der Waals surface area contributed by atoms with Gasteiger partial charge in [-0.1, -0.05) is 6.07 Å². The SMILES string of the molecule is [2H]C([2H])([2H])Oc1ccc(CCC(=O)O)cc1OS(=O)(=O)O. The molecular weight excluding hydrogens is 264 g/mol. The number of aliphatic carboxylic acids is 1. The fraction of sp³-hybridized carbons (Fsp3) is 0.300. The number of carboxylic acids is 1. The zero-order valence-corrected chi connectivity index (χ0v) is 9.81. The van der Waals surface area contributed by atoms with E-state index in [4.69, 9.17) is 13.8 Å². The highest BCUT2D eigenvalue weighted by atomic mass is 32.3. The van der Waals surface area contributed by atoms with Gasteiger partial charge in [0.1, 0.15) is 0 Å².